The van der Waals surface area contributed by atoms with Crippen molar-refractivity contribution in [3.05, 3.63) is 52.0 Å². The fraction of sp³-hybridized carbons (Fsp3) is 0.567. The predicted octanol–water partition coefficient (Wildman–Crippen LogP) is 4.06. The van der Waals surface area contributed by atoms with Crippen LogP contribution in [0.4, 0.5) is 16.3 Å². The number of nitrogens with one attached hydrogen (secondary N) is 1. The Kier molecular flexibility index (Phi) is 7.69. The maximum absolute atomic E-state index is 13.5. The van der Waals surface area contributed by atoms with E-state index in [4.69, 9.17) is 14.5 Å². The van der Waals surface area contributed by atoms with E-state index < -0.39 is 11.0 Å². The zero-order valence-corrected chi connectivity index (χ0v) is 25.2. The second-order valence-corrected chi connectivity index (χ2v) is 13.5. The van der Waals surface area contributed by atoms with Crippen molar-refractivity contribution >= 4 is 39.8 Å². The SMILES string of the molecule is CC(C)(C)OC(=O)N(CC1CCC1)[C@@H]1CCCN(c2ccc(C3(C(=O)Nc4cc(=O)n5ccsc5n4)COC3)nc2)C1. The molecule has 1 atom stereocenters. The lowest BCUT2D eigenvalue weighted by Gasteiger charge is -2.43. The molecule has 2 saturated heterocycles. The standard InChI is InChI=1S/C30H38N6O5S/c1-29(2,3)41-28(39)36(16-20-6-4-7-20)22-8-5-11-34(17-22)21-9-10-23(31-15-21)30(18-40-19-30)26(38)32-24-14-25(37)35-12-13-42-27(35)33-24/h9-10,12-15,20,22H,4-8,11,16-19H2,1-3H3,(H,32,38)/t22-/m1/s1. The molecule has 224 valence electrons. The normalized spacial score (nSPS) is 20.5. The molecule has 6 rings (SSSR count). The van der Waals surface area contributed by atoms with Crippen LogP contribution in [0, 0.1) is 5.92 Å². The molecule has 12 heteroatoms. The first-order valence-corrected chi connectivity index (χ1v) is 15.6. The third kappa shape index (κ3) is 5.74. The lowest BCUT2D eigenvalue weighted by molar-refractivity contribution is -0.140. The molecular weight excluding hydrogens is 556 g/mol. The third-order valence-corrected chi connectivity index (χ3v) is 9.18. The van der Waals surface area contributed by atoms with Gasteiger partial charge in [-0.15, -0.1) is 11.3 Å². The van der Waals surface area contributed by atoms with E-state index in [1.54, 1.807) is 17.8 Å². The molecule has 0 spiro atoms. The van der Waals surface area contributed by atoms with Gasteiger partial charge in [-0.1, -0.05) is 6.42 Å². The number of pyridine rings is 1. The zero-order chi connectivity index (χ0) is 29.5. The Morgan fingerprint density at radius 3 is 2.67 bits per heavy atom. The van der Waals surface area contributed by atoms with E-state index in [1.807, 2.05) is 37.8 Å². The Morgan fingerprint density at radius 1 is 1.21 bits per heavy atom. The number of carbonyl (C=O) groups is 2. The number of ether oxygens (including phenoxy) is 2. The summed E-state index contributed by atoms with van der Waals surface area (Å²) in [4.78, 5) is 52.9. The van der Waals surface area contributed by atoms with Crippen LogP contribution in [0.5, 0.6) is 0 Å². The average molecular weight is 595 g/mol. The predicted molar refractivity (Wildman–Crippen MR) is 160 cm³/mol. The first kappa shape index (κ1) is 28.6. The Labute approximate surface area is 248 Å². The summed E-state index contributed by atoms with van der Waals surface area (Å²) >= 11 is 1.32. The van der Waals surface area contributed by atoms with E-state index in [0.717, 1.165) is 44.5 Å². The molecule has 1 N–H and O–H groups in total. The fourth-order valence-corrected chi connectivity index (χ4v) is 6.51. The van der Waals surface area contributed by atoms with Crippen LogP contribution in [0.2, 0.25) is 0 Å². The molecule has 3 aromatic heterocycles. The number of anilines is 2. The van der Waals surface area contributed by atoms with Crippen LogP contribution in [0.3, 0.4) is 0 Å². The minimum atomic E-state index is -0.957. The number of rotatable bonds is 7. The van der Waals surface area contributed by atoms with E-state index in [2.05, 4.69) is 15.2 Å². The van der Waals surface area contributed by atoms with Gasteiger partial charge >= 0.3 is 6.09 Å². The summed E-state index contributed by atoms with van der Waals surface area (Å²) < 4.78 is 12.7. The highest BCUT2D eigenvalue weighted by Crippen LogP contribution is 2.34. The Morgan fingerprint density at radius 2 is 2.02 bits per heavy atom. The van der Waals surface area contributed by atoms with Crippen molar-refractivity contribution in [1.29, 1.82) is 0 Å². The first-order chi connectivity index (χ1) is 20.1. The van der Waals surface area contributed by atoms with Crippen molar-refractivity contribution in [2.75, 3.05) is 43.1 Å². The molecule has 3 aliphatic rings. The van der Waals surface area contributed by atoms with Crippen LogP contribution < -0.4 is 15.8 Å². The molecule has 42 heavy (non-hydrogen) atoms. The van der Waals surface area contributed by atoms with Crippen molar-refractivity contribution in [2.45, 2.75) is 69.9 Å². The number of fused-ring (bicyclic) bond motifs is 1. The number of hydrogen-bond acceptors (Lipinski definition) is 9. The molecule has 2 aliphatic heterocycles. The summed E-state index contributed by atoms with van der Waals surface area (Å²) in [7, 11) is 0. The van der Waals surface area contributed by atoms with Gasteiger partial charge in [0.05, 0.1) is 36.8 Å². The van der Waals surface area contributed by atoms with Gasteiger partial charge in [0, 0.05) is 37.3 Å². The number of hydrogen-bond donors (Lipinski definition) is 1. The van der Waals surface area contributed by atoms with E-state index >= 15 is 0 Å². The smallest absolute Gasteiger partial charge is 0.410 e. The maximum Gasteiger partial charge on any atom is 0.410 e. The van der Waals surface area contributed by atoms with Crippen LogP contribution in [-0.2, 0) is 19.7 Å². The second-order valence-electron chi connectivity index (χ2n) is 12.6. The summed E-state index contributed by atoms with van der Waals surface area (Å²) in [5, 5.41) is 4.59. The van der Waals surface area contributed by atoms with Gasteiger partial charge in [0.15, 0.2) is 4.96 Å². The topological polar surface area (TPSA) is 118 Å². The second kappa shape index (κ2) is 11.3. The van der Waals surface area contributed by atoms with Gasteiger partial charge in [-0.25, -0.2) is 9.78 Å². The van der Waals surface area contributed by atoms with Gasteiger partial charge in [-0.05, 0) is 64.5 Å². The highest BCUT2D eigenvalue weighted by Gasteiger charge is 2.49. The van der Waals surface area contributed by atoms with Gasteiger partial charge in [0.25, 0.3) is 5.56 Å². The summed E-state index contributed by atoms with van der Waals surface area (Å²) in [6, 6.07) is 5.25. The molecule has 0 aromatic carbocycles. The van der Waals surface area contributed by atoms with Crippen molar-refractivity contribution in [1.82, 2.24) is 19.3 Å². The molecule has 5 heterocycles. The number of aromatic nitrogens is 3. The summed E-state index contributed by atoms with van der Waals surface area (Å²) in [5.41, 5.74) is -0.195. The van der Waals surface area contributed by atoms with Crippen LogP contribution in [0.15, 0.2) is 40.8 Å². The molecule has 2 amide bonds. The number of thiazole rings is 1. The van der Waals surface area contributed by atoms with E-state index in [0.29, 0.717) is 23.1 Å². The van der Waals surface area contributed by atoms with E-state index in [1.165, 1.54) is 28.2 Å². The Hall–Kier alpha value is -3.51. The van der Waals surface area contributed by atoms with Gasteiger partial charge in [-0.3, -0.25) is 19.0 Å². The Balaban J connectivity index is 1.16. The molecule has 0 radical (unpaired) electrons. The van der Waals surface area contributed by atoms with Gasteiger partial charge in [0.1, 0.15) is 16.8 Å². The molecular formula is C30H38N6O5S. The van der Waals surface area contributed by atoms with E-state index in [9.17, 15) is 14.4 Å². The molecule has 1 aliphatic carbocycles. The number of nitrogens with zero attached hydrogens (tertiary/aromatic N) is 5. The van der Waals surface area contributed by atoms with Crippen LogP contribution in [-0.4, -0.2) is 75.8 Å². The number of carbonyl (C=O) groups excluding carboxylic acids is 2. The molecule has 0 bridgehead atoms. The minimum absolute atomic E-state index is 0.0586. The lowest BCUT2D eigenvalue weighted by Crippen LogP contribution is -2.56. The van der Waals surface area contributed by atoms with Gasteiger partial charge in [-0.2, -0.15) is 0 Å². The van der Waals surface area contributed by atoms with E-state index in [-0.39, 0.29) is 42.6 Å². The monoisotopic (exact) mass is 594 g/mol. The molecule has 0 unspecified atom stereocenters. The highest BCUT2D eigenvalue weighted by molar-refractivity contribution is 7.15. The zero-order valence-electron chi connectivity index (χ0n) is 24.4. The van der Waals surface area contributed by atoms with Gasteiger partial charge < -0.3 is 24.6 Å². The summed E-state index contributed by atoms with van der Waals surface area (Å²) in [6.45, 7) is 8.43. The van der Waals surface area contributed by atoms with Crippen molar-refractivity contribution in [3.63, 3.8) is 0 Å². The maximum atomic E-state index is 13.5. The molecule has 11 nitrogen and oxygen atoms in total. The first-order valence-electron chi connectivity index (χ1n) is 14.7. The highest BCUT2D eigenvalue weighted by atomic mass is 32.1. The largest absolute Gasteiger partial charge is 0.444 e. The minimum Gasteiger partial charge on any atom is -0.444 e. The average Bonchev–Trinajstić information content (AvgIpc) is 3.36. The van der Waals surface area contributed by atoms with Crippen LogP contribution in [0.25, 0.3) is 4.96 Å². The van der Waals surface area contributed by atoms with Crippen LogP contribution in [0.1, 0.15) is 58.6 Å². The lowest BCUT2D eigenvalue weighted by atomic mass is 9.81. The van der Waals surface area contributed by atoms with Gasteiger partial charge in [0.2, 0.25) is 5.91 Å². The molecule has 1 saturated carbocycles. The summed E-state index contributed by atoms with van der Waals surface area (Å²) in [5.74, 6) is 0.456. The summed E-state index contributed by atoms with van der Waals surface area (Å²) in [6.07, 6.45) is 8.67. The number of amides is 2. The van der Waals surface area contributed by atoms with Crippen molar-refractivity contribution in [2.24, 2.45) is 5.92 Å². The third-order valence-electron chi connectivity index (χ3n) is 8.42. The Bertz CT molecular complexity index is 1500. The van der Waals surface area contributed by atoms with Crippen molar-refractivity contribution in [3.8, 4) is 0 Å². The van der Waals surface area contributed by atoms with Crippen LogP contribution >= 0.6 is 11.3 Å². The quantitative estimate of drug-likeness (QED) is 0.435. The molecule has 3 fully saturated rings. The van der Waals surface area contributed by atoms with Crippen molar-refractivity contribution < 1.29 is 19.1 Å². The molecule has 3 aromatic rings. The fourth-order valence-electron chi connectivity index (χ4n) is 5.79. The number of piperidine rings is 1.